The molecule has 1 aliphatic heterocycles. The molecule has 0 saturated carbocycles. The lowest BCUT2D eigenvalue weighted by molar-refractivity contribution is -0.141. The maximum absolute atomic E-state index is 11.4. The topological polar surface area (TPSA) is 69.6 Å². The first kappa shape index (κ1) is 11.8. The van der Waals surface area contributed by atoms with Crippen molar-refractivity contribution in [1.82, 2.24) is 10.2 Å². The number of aliphatic carboxylic acids is 1. The van der Waals surface area contributed by atoms with Crippen molar-refractivity contribution in [3.63, 3.8) is 0 Å². The van der Waals surface area contributed by atoms with E-state index in [0.717, 1.165) is 0 Å². The molecule has 0 aliphatic carbocycles. The predicted octanol–water partition coefficient (Wildman–Crippen LogP) is 0.855. The molecule has 0 radical (unpaired) electrons. The Morgan fingerprint density at radius 3 is 2.73 bits per heavy atom. The molecule has 0 spiro atoms. The third kappa shape index (κ3) is 3.43. The van der Waals surface area contributed by atoms with Gasteiger partial charge in [0.1, 0.15) is 0 Å². The summed E-state index contributed by atoms with van der Waals surface area (Å²) in [5.74, 6) is -1.30. The Hall–Kier alpha value is -1.23. The number of carboxylic acid groups (broad SMARTS) is 1. The van der Waals surface area contributed by atoms with Gasteiger partial charge in [0.15, 0.2) is 0 Å². The van der Waals surface area contributed by atoms with Crippen molar-refractivity contribution < 1.29 is 14.7 Å². The lowest BCUT2D eigenvalue weighted by atomic mass is 10.1. The molecule has 0 aromatic heterocycles. The van der Waals surface area contributed by atoms with Crippen molar-refractivity contribution in [2.45, 2.75) is 6.42 Å². The Morgan fingerprint density at radius 1 is 1.60 bits per heavy atom. The molecular weight excluding hydrogens is 220 g/mol. The molecule has 1 rings (SSSR count). The molecule has 1 unspecified atom stereocenters. The van der Waals surface area contributed by atoms with Crippen LogP contribution < -0.4 is 5.32 Å². The van der Waals surface area contributed by atoms with Crippen LogP contribution in [-0.2, 0) is 4.79 Å². The van der Waals surface area contributed by atoms with Crippen molar-refractivity contribution in [1.29, 1.82) is 0 Å². The van der Waals surface area contributed by atoms with Gasteiger partial charge in [0.2, 0.25) is 0 Å². The molecule has 1 heterocycles. The summed E-state index contributed by atoms with van der Waals surface area (Å²) in [6.45, 7) is 4.37. The van der Waals surface area contributed by atoms with E-state index in [4.69, 9.17) is 16.7 Å². The van der Waals surface area contributed by atoms with Crippen LogP contribution in [0.4, 0.5) is 4.79 Å². The molecule has 5 nitrogen and oxygen atoms in total. The van der Waals surface area contributed by atoms with Crippen molar-refractivity contribution in [3.8, 4) is 0 Å². The molecule has 1 saturated heterocycles. The van der Waals surface area contributed by atoms with E-state index in [2.05, 4.69) is 11.9 Å². The van der Waals surface area contributed by atoms with Gasteiger partial charge in [0.25, 0.3) is 0 Å². The van der Waals surface area contributed by atoms with Crippen molar-refractivity contribution in [2.75, 3.05) is 19.6 Å². The van der Waals surface area contributed by atoms with Gasteiger partial charge in [-0.3, -0.25) is 4.79 Å². The van der Waals surface area contributed by atoms with E-state index < -0.39 is 11.9 Å². The van der Waals surface area contributed by atoms with Gasteiger partial charge in [-0.1, -0.05) is 18.2 Å². The number of hydrogen-bond donors (Lipinski definition) is 2. The minimum Gasteiger partial charge on any atom is -0.481 e. The van der Waals surface area contributed by atoms with E-state index >= 15 is 0 Å². The zero-order valence-corrected chi connectivity index (χ0v) is 8.96. The number of urea groups is 1. The van der Waals surface area contributed by atoms with Gasteiger partial charge in [-0.25, -0.2) is 4.79 Å². The molecule has 0 aromatic carbocycles. The Balaban J connectivity index is 2.36. The van der Waals surface area contributed by atoms with Crippen molar-refractivity contribution in [3.05, 3.63) is 11.6 Å². The number of nitrogens with one attached hydrogen (secondary N) is 1. The number of rotatable bonds is 3. The van der Waals surface area contributed by atoms with E-state index in [1.165, 1.54) is 4.90 Å². The molecule has 0 bridgehead atoms. The predicted molar refractivity (Wildman–Crippen MR) is 55.7 cm³/mol. The zero-order valence-electron chi connectivity index (χ0n) is 8.20. The highest BCUT2D eigenvalue weighted by atomic mass is 35.5. The number of carbonyl (C=O) groups excluding carboxylic acids is 1. The number of likely N-dealkylation sites (tertiary alicyclic amines) is 1. The second kappa shape index (κ2) is 5.02. The third-order valence-corrected chi connectivity index (χ3v) is 2.39. The Bertz CT molecular complexity index is 293. The van der Waals surface area contributed by atoms with Gasteiger partial charge in [-0.05, 0) is 6.42 Å². The summed E-state index contributed by atoms with van der Waals surface area (Å²) in [7, 11) is 0. The molecule has 6 heteroatoms. The highest BCUT2D eigenvalue weighted by Gasteiger charge is 2.30. The lowest BCUT2D eigenvalue weighted by Crippen LogP contribution is -2.39. The Kier molecular flexibility index (Phi) is 3.96. The molecule has 1 fully saturated rings. The van der Waals surface area contributed by atoms with E-state index in [9.17, 15) is 9.59 Å². The average Bonchev–Trinajstić information content (AvgIpc) is 2.62. The maximum Gasteiger partial charge on any atom is 0.317 e. The summed E-state index contributed by atoms with van der Waals surface area (Å²) < 4.78 is 0. The van der Waals surface area contributed by atoms with Crippen LogP contribution in [0, 0.1) is 5.92 Å². The van der Waals surface area contributed by atoms with Crippen LogP contribution in [0.25, 0.3) is 0 Å². The van der Waals surface area contributed by atoms with Gasteiger partial charge in [-0.15, -0.1) is 0 Å². The molecular formula is C9H13ClN2O3. The second-order valence-electron chi connectivity index (χ2n) is 3.45. The van der Waals surface area contributed by atoms with Gasteiger partial charge in [-0.2, -0.15) is 0 Å². The smallest absolute Gasteiger partial charge is 0.317 e. The first-order valence-corrected chi connectivity index (χ1v) is 4.97. The van der Waals surface area contributed by atoms with Crippen LogP contribution in [0.5, 0.6) is 0 Å². The summed E-state index contributed by atoms with van der Waals surface area (Å²) in [6.07, 6.45) is 0.505. The first-order valence-electron chi connectivity index (χ1n) is 4.59. The molecule has 2 amide bonds. The van der Waals surface area contributed by atoms with Gasteiger partial charge >= 0.3 is 12.0 Å². The summed E-state index contributed by atoms with van der Waals surface area (Å²) in [4.78, 5) is 23.6. The highest BCUT2D eigenvalue weighted by molar-refractivity contribution is 6.29. The number of nitrogens with zero attached hydrogens (tertiary/aromatic N) is 1. The second-order valence-corrected chi connectivity index (χ2v) is 3.98. The fraction of sp³-hybridized carbons (Fsp3) is 0.556. The van der Waals surface area contributed by atoms with Gasteiger partial charge in [0.05, 0.1) is 12.5 Å². The van der Waals surface area contributed by atoms with Crippen LogP contribution in [0.15, 0.2) is 11.6 Å². The molecule has 84 valence electrons. The largest absolute Gasteiger partial charge is 0.481 e. The van der Waals surface area contributed by atoms with Crippen molar-refractivity contribution >= 4 is 23.6 Å². The highest BCUT2D eigenvalue weighted by Crippen LogP contribution is 2.16. The summed E-state index contributed by atoms with van der Waals surface area (Å²) >= 11 is 5.49. The number of hydrogen-bond acceptors (Lipinski definition) is 2. The van der Waals surface area contributed by atoms with Crippen molar-refractivity contribution in [2.24, 2.45) is 5.92 Å². The quantitative estimate of drug-likeness (QED) is 0.758. The summed E-state index contributed by atoms with van der Waals surface area (Å²) in [5.41, 5.74) is 0. The standard InChI is InChI=1S/C9H13ClN2O3/c1-6(10)4-11-9(15)12-3-2-7(5-12)8(13)14/h7H,1-5H2,(H,11,15)(H,13,14). The number of carboxylic acids is 1. The molecule has 0 aromatic rings. The van der Waals surface area contributed by atoms with E-state index in [-0.39, 0.29) is 19.1 Å². The molecule has 15 heavy (non-hydrogen) atoms. The van der Waals surface area contributed by atoms with Crippen LogP contribution in [-0.4, -0.2) is 41.6 Å². The molecule has 2 N–H and O–H groups in total. The lowest BCUT2D eigenvalue weighted by Gasteiger charge is -2.16. The maximum atomic E-state index is 11.4. The van der Waals surface area contributed by atoms with E-state index in [1.54, 1.807) is 0 Å². The molecule has 1 aliphatic rings. The monoisotopic (exact) mass is 232 g/mol. The fourth-order valence-electron chi connectivity index (χ4n) is 1.43. The number of amides is 2. The van der Waals surface area contributed by atoms with Crippen LogP contribution in [0.1, 0.15) is 6.42 Å². The average molecular weight is 233 g/mol. The SMILES string of the molecule is C=C(Cl)CNC(=O)N1CCC(C(=O)O)C1. The normalized spacial score (nSPS) is 20.1. The minimum absolute atomic E-state index is 0.203. The minimum atomic E-state index is -0.855. The fourth-order valence-corrected chi connectivity index (χ4v) is 1.50. The summed E-state index contributed by atoms with van der Waals surface area (Å²) in [6, 6.07) is -0.291. The third-order valence-electron chi connectivity index (χ3n) is 2.26. The summed E-state index contributed by atoms with van der Waals surface area (Å²) in [5, 5.41) is 11.6. The first-order chi connectivity index (χ1) is 7.00. The number of halogens is 1. The Labute approximate surface area is 92.7 Å². The van der Waals surface area contributed by atoms with Gasteiger partial charge in [0, 0.05) is 18.1 Å². The Morgan fingerprint density at radius 2 is 2.27 bits per heavy atom. The van der Waals surface area contributed by atoms with Crippen LogP contribution >= 0.6 is 11.6 Å². The van der Waals surface area contributed by atoms with E-state index in [0.29, 0.717) is 18.0 Å². The zero-order chi connectivity index (χ0) is 11.4. The number of carbonyl (C=O) groups is 2. The van der Waals surface area contributed by atoms with Crippen LogP contribution in [0.2, 0.25) is 0 Å². The molecule has 1 atom stereocenters. The van der Waals surface area contributed by atoms with E-state index in [1.807, 2.05) is 0 Å². The van der Waals surface area contributed by atoms with Gasteiger partial charge < -0.3 is 15.3 Å². The van der Waals surface area contributed by atoms with Crippen LogP contribution in [0.3, 0.4) is 0 Å².